The normalized spacial score (nSPS) is 10.3. The minimum Gasteiger partial charge on any atom is -0.437 e. The van der Waals surface area contributed by atoms with Gasteiger partial charge in [-0.25, -0.2) is 4.39 Å². The Morgan fingerprint density at radius 3 is 2.65 bits per heavy atom. The van der Waals surface area contributed by atoms with Crippen LogP contribution < -0.4 is 4.74 Å². The first kappa shape index (κ1) is 11.5. The largest absolute Gasteiger partial charge is 0.437 e. The van der Waals surface area contributed by atoms with Crippen LogP contribution in [0.5, 0.6) is 11.6 Å². The number of nitrogens with zero attached hydrogens (tertiary/aromatic N) is 2. The number of benzene rings is 1. The Hall–Kier alpha value is -2.01. The summed E-state index contributed by atoms with van der Waals surface area (Å²) < 4.78 is 18.6. The molecule has 2 rings (SSSR count). The highest BCUT2D eigenvalue weighted by Gasteiger charge is 2.03. The number of aliphatic hydroxyl groups is 1. The molecule has 0 saturated heterocycles. The fourth-order valence-electron chi connectivity index (χ4n) is 1.24. The third-order valence-corrected chi connectivity index (χ3v) is 2.22. The first-order valence-corrected chi connectivity index (χ1v) is 5.06. The lowest BCUT2D eigenvalue weighted by atomic mass is 10.2. The Bertz CT molecular complexity index is 514. The number of hydrogen-bond donors (Lipinski definition) is 1. The SMILES string of the molecule is Cc1ccc(Oc2ccc(CO)nn2)cc1F. The van der Waals surface area contributed by atoms with Gasteiger partial charge < -0.3 is 9.84 Å². The van der Waals surface area contributed by atoms with Gasteiger partial charge in [-0.3, -0.25) is 0 Å². The van der Waals surface area contributed by atoms with E-state index in [0.717, 1.165) is 0 Å². The molecule has 5 heteroatoms. The van der Waals surface area contributed by atoms with Crippen molar-refractivity contribution >= 4 is 0 Å². The highest BCUT2D eigenvalue weighted by molar-refractivity contribution is 5.30. The number of aryl methyl sites for hydroxylation is 1. The van der Waals surface area contributed by atoms with Crippen LogP contribution in [-0.4, -0.2) is 15.3 Å². The van der Waals surface area contributed by atoms with E-state index < -0.39 is 0 Å². The topological polar surface area (TPSA) is 55.2 Å². The summed E-state index contributed by atoms with van der Waals surface area (Å²) in [6, 6.07) is 7.72. The summed E-state index contributed by atoms with van der Waals surface area (Å²) in [7, 11) is 0. The fourth-order valence-corrected chi connectivity index (χ4v) is 1.24. The number of rotatable bonds is 3. The Morgan fingerprint density at radius 2 is 2.06 bits per heavy atom. The van der Waals surface area contributed by atoms with Gasteiger partial charge in [-0.05, 0) is 24.6 Å². The molecule has 0 aliphatic rings. The van der Waals surface area contributed by atoms with Crippen LogP contribution in [-0.2, 0) is 6.61 Å². The second-order valence-electron chi connectivity index (χ2n) is 3.53. The molecule has 4 nitrogen and oxygen atoms in total. The number of hydrogen-bond acceptors (Lipinski definition) is 4. The van der Waals surface area contributed by atoms with Crippen molar-refractivity contribution in [3.05, 3.63) is 47.4 Å². The Kier molecular flexibility index (Phi) is 3.30. The van der Waals surface area contributed by atoms with E-state index in [1.165, 1.54) is 6.07 Å². The van der Waals surface area contributed by atoms with Gasteiger partial charge in [0.1, 0.15) is 11.6 Å². The van der Waals surface area contributed by atoms with E-state index in [-0.39, 0.29) is 18.3 Å². The molecule has 2 aromatic rings. The molecule has 0 spiro atoms. The van der Waals surface area contributed by atoms with E-state index in [9.17, 15) is 4.39 Å². The smallest absolute Gasteiger partial charge is 0.238 e. The maximum absolute atomic E-state index is 13.3. The molecule has 0 aliphatic heterocycles. The lowest BCUT2D eigenvalue weighted by Crippen LogP contribution is -1.95. The third-order valence-electron chi connectivity index (χ3n) is 2.22. The van der Waals surface area contributed by atoms with E-state index >= 15 is 0 Å². The first-order chi connectivity index (χ1) is 8.19. The van der Waals surface area contributed by atoms with Gasteiger partial charge >= 0.3 is 0 Å². The highest BCUT2D eigenvalue weighted by atomic mass is 19.1. The van der Waals surface area contributed by atoms with Gasteiger partial charge in [0, 0.05) is 12.1 Å². The lowest BCUT2D eigenvalue weighted by Gasteiger charge is -2.05. The highest BCUT2D eigenvalue weighted by Crippen LogP contribution is 2.21. The summed E-state index contributed by atoms with van der Waals surface area (Å²) in [6.07, 6.45) is 0. The minimum absolute atomic E-state index is 0.174. The molecular weight excluding hydrogens is 223 g/mol. The van der Waals surface area contributed by atoms with Crippen LogP contribution in [0.2, 0.25) is 0 Å². The number of halogens is 1. The molecule has 0 radical (unpaired) electrons. The summed E-state index contributed by atoms with van der Waals surface area (Å²) in [5.41, 5.74) is 1.01. The summed E-state index contributed by atoms with van der Waals surface area (Å²) >= 11 is 0. The molecule has 1 aromatic heterocycles. The zero-order valence-corrected chi connectivity index (χ0v) is 9.22. The maximum atomic E-state index is 13.3. The average molecular weight is 234 g/mol. The monoisotopic (exact) mass is 234 g/mol. The van der Waals surface area contributed by atoms with Gasteiger partial charge in [0.15, 0.2) is 0 Å². The molecular formula is C12H11FN2O2. The molecule has 1 heterocycles. The second-order valence-corrected chi connectivity index (χ2v) is 3.53. The zero-order valence-electron chi connectivity index (χ0n) is 9.22. The molecule has 0 saturated carbocycles. The molecule has 0 atom stereocenters. The van der Waals surface area contributed by atoms with Gasteiger partial charge in [-0.2, -0.15) is 0 Å². The summed E-state index contributed by atoms with van der Waals surface area (Å²) in [5.74, 6) is 0.284. The molecule has 1 aromatic carbocycles. The van der Waals surface area contributed by atoms with E-state index in [1.54, 1.807) is 31.2 Å². The van der Waals surface area contributed by atoms with Crippen LogP contribution >= 0.6 is 0 Å². The van der Waals surface area contributed by atoms with Crippen LogP contribution in [0.1, 0.15) is 11.3 Å². The van der Waals surface area contributed by atoms with E-state index in [0.29, 0.717) is 17.0 Å². The molecule has 0 amide bonds. The standard InChI is InChI=1S/C12H11FN2O2/c1-8-2-4-10(6-11(8)13)17-12-5-3-9(7-16)14-15-12/h2-6,16H,7H2,1H3. The zero-order chi connectivity index (χ0) is 12.3. The number of ether oxygens (including phenoxy) is 1. The minimum atomic E-state index is -0.331. The van der Waals surface area contributed by atoms with Crippen LogP contribution in [0.15, 0.2) is 30.3 Å². The van der Waals surface area contributed by atoms with Crippen LogP contribution in [0.25, 0.3) is 0 Å². The van der Waals surface area contributed by atoms with Crippen LogP contribution in [0.4, 0.5) is 4.39 Å². The van der Waals surface area contributed by atoms with Crippen molar-refractivity contribution in [3.63, 3.8) is 0 Å². The quantitative estimate of drug-likeness (QED) is 0.884. The van der Waals surface area contributed by atoms with Crippen molar-refractivity contribution in [2.75, 3.05) is 0 Å². The van der Waals surface area contributed by atoms with Crippen molar-refractivity contribution in [2.24, 2.45) is 0 Å². The van der Waals surface area contributed by atoms with Crippen molar-refractivity contribution < 1.29 is 14.2 Å². The van der Waals surface area contributed by atoms with E-state index in [2.05, 4.69) is 10.2 Å². The van der Waals surface area contributed by atoms with Crippen molar-refractivity contribution in [3.8, 4) is 11.6 Å². The first-order valence-electron chi connectivity index (χ1n) is 5.06. The Morgan fingerprint density at radius 1 is 1.24 bits per heavy atom. The van der Waals surface area contributed by atoms with Gasteiger partial charge in [0.05, 0.1) is 12.3 Å². The predicted molar refractivity (Wildman–Crippen MR) is 59.2 cm³/mol. The maximum Gasteiger partial charge on any atom is 0.238 e. The molecule has 0 unspecified atom stereocenters. The molecule has 0 bridgehead atoms. The number of aromatic nitrogens is 2. The molecule has 17 heavy (non-hydrogen) atoms. The summed E-state index contributed by atoms with van der Waals surface area (Å²) in [6.45, 7) is 1.50. The van der Waals surface area contributed by atoms with Gasteiger partial charge in [-0.15, -0.1) is 10.2 Å². The summed E-state index contributed by atoms with van der Waals surface area (Å²) in [4.78, 5) is 0. The predicted octanol–water partition coefficient (Wildman–Crippen LogP) is 2.21. The molecule has 1 N–H and O–H groups in total. The van der Waals surface area contributed by atoms with E-state index in [1.807, 2.05) is 0 Å². The average Bonchev–Trinajstić information content (AvgIpc) is 2.35. The third kappa shape index (κ3) is 2.76. The Labute approximate surface area is 97.7 Å². The van der Waals surface area contributed by atoms with Crippen LogP contribution in [0.3, 0.4) is 0 Å². The van der Waals surface area contributed by atoms with E-state index in [4.69, 9.17) is 9.84 Å². The van der Waals surface area contributed by atoms with Crippen LogP contribution in [0, 0.1) is 12.7 Å². The van der Waals surface area contributed by atoms with Crippen molar-refractivity contribution in [1.82, 2.24) is 10.2 Å². The second kappa shape index (κ2) is 4.88. The van der Waals surface area contributed by atoms with Gasteiger partial charge in [-0.1, -0.05) is 6.07 Å². The lowest BCUT2D eigenvalue weighted by molar-refractivity contribution is 0.274. The number of aliphatic hydroxyl groups excluding tert-OH is 1. The van der Waals surface area contributed by atoms with Gasteiger partial charge in [0.25, 0.3) is 0 Å². The molecule has 0 fully saturated rings. The van der Waals surface area contributed by atoms with Crippen molar-refractivity contribution in [1.29, 1.82) is 0 Å². The Balaban J connectivity index is 2.16. The van der Waals surface area contributed by atoms with Crippen molar-refractivity contribution in [2.45, 2.75) is 13.5 Å². The molecule has 0 aliphatic carbocycles. The van der Waals surface area contributed by atoms with Gasteiger partial charge in [0.2, 0.25) is 5.88 Å². The fraction of sp³-hybridized carbons (Fsp3) is 0.167. The molecule has 88 valence electrons. The summed E-state index contributed by atoms with van der Waals surface area (Å²) in [5, 5.41) is 16.2.